The van der Waals surface area contributed by atoms with E-state index in [4.69, 9.17) is 0 Å². The van der Waals surface area contributed by atoms with Gasteiger partial charge in [-0.2, -0.15) is 0 Å². The Balaban J connectivity index is 0.00000338. The number of pyridine rings is 1. The molecular formula is C20H36IN5. The van der Waals surface area contributed by atoms with Crippen molar-refractivity contribution in [2.75, 3.05) is 31.1 Å². The Morgan fingerprint density at radius 3 is 2.58 bits per heavy atom. The van der Waals surface area contributed by atoms with Crippen molar-refractivity contribution in [2.24, 2.45) is 16.8 Å². The predicted octanol–water partition coefficient (Wildman–Crippen LogP) is 4.04. The van der Waals surface area contributed by atoms with Gasteiger partial charge in [-0.3, -0.25) is 0 Å². The van der Waals surface area contributed by atoms with E-state index in [-0.39, 0.29) is 24.0 Å². The number of halogens is 1. The van der Waals surface area contributed by atoms with Gasteiger partial charge in [0.2, 0.25) is 0 Å². The normalized spacial score (nSPS) is 15.7. The molecule has 1 aromatic heterocycles. The molecule has 1 aliphatic rings. The van der Waals surface area contributed by atoms with Gasteiger partial charge < -0.3 is 15.5 Å². The van der Waals surface area contributed by atoms with E-state index in [1.54, 1.807) is 0 Å². The van der Waals surface area contributed by atoms with E-state index in [2.05, 4.69) is 65.3 Å². The van der Waals surface area contributed by atoms with Crippen LogP contribution in [0.15, 0.2) is 23.3 Å². The highest BCUT2D eigenvalue weighted by atomic mass is 127. The van der Waals surface area contributed by atoms with Crippen LogP contribution in [0.2, 0.25) is 0 Å². The van der Waals surface area contributed by atoms with E-state index < -0.39 is 0 Å². The summed E-state index contributed by atoms with van der Waals surface area (Å²) >= 11 is 0. The van der Waals surface area contributed by atoms with Crippen LogP contribution in [0.3, 0.4) is 0 Å². The largest absolute Gasteiger partial charge is 0.357 e. The number of piperidine rings is 1. The van der Waals surface area contributed by atoms with Gasteiger partial charge >= 0.3 is 0 Å². The Bertz CT molecular complexity index is 522. The van der Waals surface area contributed by atoms with Gasteiger partial charge in [0.1, 0.15) is 5.82 Å². The molecule has 0 aromatic carbocycles. The van der Waals surface area contributed by atoms with Gasteiger partial charge in [0.15, 0.2) is 5.96 Å². The van der Waals surface area contributed by atoms with Gasteiger partial charge in [0, 0.05) is 32.4 Å². The smallest absolute Gasteiger partial charge is 0.191 e. The second-order valence-corrected chi connectivity index (χ2v) is 7.50. The maximum atomic E-state index is 4.67. The maximum Gasteiger partial charge on any atom is 0.191 e. The molecule has 1 aliphatic heterocycles. The number of guanidine groups is 1. The minimum atomic E-state index is 0. The van der Waals surface area contributed by atoms with Crippen molar-refractivity contribution in [1.29, 1.82) is 0 Å². The topological polar surface area (TPSA) is 52.6 Å². The molecule has 0 amide bonds. The average molecular weight is 473 g/mol. The molecule has 1 fully saturated rings. The van der Waals surface area contributed by atoms with Crippen LogP contribution in [-0.2, 0) is 6.54 Å². The molecule has 2 heterocycles. The molecule has 6 heteroatoms. The van der Waals surface area contributed by atoms with Crippen molar-refractivity contribution in [3.63, 3.8) is 0 Å². The van der Waals surface area contributed by atoms with E-state index in [0.29, 0.717) is 12.5 Å². The Morgan fingerprint density at radius 2 is 2.00 bits per heavy atom. The molecule has 2 rings (SSSR count). The molecule has 0 saturated carbocycles. The van der Waals surface area contributed by atoms with Crippen molar-refractivity contribution in [1.82, 2.24) is 15.6 Å². The van der Waals surface area contributed by atoms with E-state index in [9.17, 15) is 0 Å². The van der Waals surface area contributed by atoms with Crippen LogP contribution in [0.1, 0.15) is 52.5 Å². The molecule has 1 aromatic rings. The zero-order valence-corrected chi connectivity index (χ0v) is 19.1. The molecule has 0 atom stereocenters. The number of nitrogens with one attached hydrogen (secondary N) is 2. The summed E-state index contributed by atoms with van der Waals surface area (Å²) in [6.07, 6.45) is 5.65. The fourth-order valence-electron chi connectivity index (χ4n) is 2.93. The summed E-state index contributed by atoms with van der Waals surface area (Å²) < 4.78 is 0. The van der Waals surface area contributed by atoms with Crippen molar-refractivity contribution in [3.05, 3.63) is 23.9 Å². The Morgan fingerprint density at radius 1 is 1.27 bits per heavy atom. The highest BCUT2D eigenvalue weighted by Crippen LogP contribution is 2.21. The summed E-state index contributed by atoms with van der Waals surface area (Å²) in [4.78, 5) is 11.7. The second kappa shape index (κ2) is 12.4. The Hall–Kier alpha value is -1.05. The molecule has 1 saturated heterocycles. The van der Waals surface area contributed by atoms with Gasteiger partial charge in [-0.1, -0.05) is 26.8 Å². The third-order valence-corrected chi connectivity index (χ3v) is 4.69. The van der Waals surface area contributed by atoms with E-state index in [1.807, 2.05) is 6.20 Å². The first-order valence-corrected chi connectivity index (χ1v) is 9.80. The summed E-state index contributed by atoms with van der Waals surface area (Å²) in [5.74, 6) is 3.53. The minimum Gasteiger partial charge on any atom is -0.357 e. The molecule has 2 N–H and O–H groups in total. The molecule has 148 valence electrons. The molecule has 0 radical (unpaired) electrons. The third-order valence-electron chi connectivity index (χ3n) is 4.69. The van der Waals surface area contributed by atoms with Crippen LogP contribution < -0.4 is 15.5 Å². The third kappa shape index (κ3) is 8.10. The van der Waals surface area contributed by atoms with E-state index in [0.717, 1.165) is 55.9 Å². The molecule has 5 nitrogen and oxygen atoms in total. The van der Waals surface area contributed by atoms with Gasteiger partial charge in [-0.25, -0.2) is 9.98 Å². The lowest BCUT2D eigenvalue weighted by atomic mass is 9.99. The molecule has 0 bridgehead atoms. The first-order chi connectivity index (χ1) is 12.1. The van der Waals surface area contributed by atoms with Crippen LogP contribution in [0.5, 0.6) is 0 Å². The SMILES string of the molecule is CCNC(=NCc1ccc(N2CCC(C)CC2)nc1)NCCC(C)C.I. The molecular weight excluding hydrogens is 437 g/mol. The van der Waals surface area contributed by atoms with Gasteiger partial charge in [0.25, 0.3) is 0 Å². The summed E-state index contributed by atoms with van der Waals surface area (Å²) in [5.41, 5.74) is 1.15. The standard InChI is InChI=1S/C20H35N5.HI/c1-5-21-20(22-11-8-16(2)3)24-15-18-6-7-19(23-14-18)25-12-9-17(4)10-13-25;/h6-7,14,16-17H,5,8-13,15H2,1-4H3,(H2,21,22,24);1H. The van der Waals surface area contributed by atoms with Gasteiger partial charge in [-0.05, 0) is 49.7 Å². The van der Waals surface area contributed by atoms with Crippen LogP contribution in [0, 0.1) is 11.8 Å². The summed E-state index contributed by atoms with van der Waals surface area (Å²) in [6, 6.07) is 4.29. The molecule has 0 aliphatic carbocycles. The first kappa shape index (κ1) is 23.0. The number of aromatic nitrogens is 1. The number of hydrogen-bond acceptors (Lipinski definition) is 3. The number of nitrogens with zero attached hydrogens (tertiary/aromatic N) is 3. The fourth-order valence-corrected chi connectivity index (χ4v) is 2.93. The average Bonchev–Trinajstić information content (AvgIpc) is 2.60. The molecule has 0 spiro atoms. The van der Waals surface area contributed by atoms with Crippen LogP contribution in [-0.4, -0.2) is 37.1 Å². The second-order valence-electron chi connectivity index (χ2n) is 7.50. The summed E-state index contributed by atoms with van der Waals surface area (Å²) in [6.45, 7) is 13.6. The molecule has 26 heavy (non-hydrogen) atoms. The zero-order valence-electron chi connectivity index (χ0n) is 16.8. The van der Waals surface area contributed by atoms with Gasteiger partial charge in [-0.15, -0.1) is 24.0 Å². The van der Waals surface area contributed by atoms with Crippen molar-refractivity contribution < 1.29 is 0 Å². The predicted molar refractivity (Wildman–Crippen MR) is 123 cm³/mol. The quantitative estimate of drug-likeness (QED) is 0.357. The zero-order chi connectivity index (χ0) is 18.1. The minimum absolute atomic E-state index is 0. The van der Waals surface area contributed by atoms with Crippen molar-refractivity contribution in [2.45, 2.75) is 53.5 Å². The van der Waals surface area contributed by atoms with Crippen molar-refractivity contribution >= 4 is 35.8 Å². The number of hydrogen-bond donors (Lipinski definition) is 2. The fraction of sp³-hybridized carbons (Fsp3) is 0.700. The summed E-state index contributed by atoms with van der Waals surface area (Å²) in [7, 11) is 0. The van der Waals surface area contributed by atoms with Crippen LogP contribution in [0.25, 0.3) is 0 Å². The van der Waals surface area contributed by atoms with Crippen LogP contribution in [0.4, 0.5) is 5.82 Å². The number of aliphatic imine (C=N–C) groups is 1. The number of rotatable bonds is 7. The lowest BCUT2D eigenvalue weighted by molar-refractivity contribution is 0.436. The lowest BCUT2D eigenvalue weighted by Crippen LogP contribution is -2.38. The highest BCUT2D eigenvalue weighted by molar-refractivity contribution is 14.0. The van der Waals surface area contributed by atoms with Gasteiger partial charge in [0.05, 0.1) is 6.54 Å². The van der Waals surface area contributed by atoms with Crippen molar-refractivity contribution in [3.8, 4) is 0 Å². The number of anilines is 1. The molecule has 0 unspecified atom stereocenters. The summed E-state index contributed by atoms with van der Waals surface area (Å²) in [5, 5.41) is 6.70. The maximum absolute atomic E-state index is 4.67. The highest BCUT2D eigenvalue weighted by Gasteiger charge is 2.16. The Labute approximate surface area is 176 Å². The van der Waals surface area contributed by atoms with E-state index in [1.165, 1.54) is 12.8 Å². The monoisotopic (exact) mass is 473 g/mol. The van der Waals surface area contributed by atoms with Crippen LogP contribution >= 0.6 is 24.0 Å². The Kier molecular flexibility index (Phi) is 10.9. The first-order valence-electron chi connectivity index (χ1n) is 9.80. The lowest BCUT2D eigenvalue weighted by Gasteiger charge is -2.31. The van der Waals surface area contributed by atoms with E-state index >= 15 is 0 Å².